The molecule has 0 aromatic carbocycles. The largest absolute Gasteiger partial charge is 0.370 e. The molecule has 15 heavy (non-hydrogen) atoms. The first-order valence-electron chi connectivity index (χ1n) is 5.71. The number of carbonyl (C=O) groups excluding carboxylic acids is 2. The molecular weight excluding hydrogens is 192 g/mol. The third-order valence-corrected chi connectivity index (χ3v) is 2.18. The van der Waals surface area contributed by atoms with Gasteiger partial charge in [0.25, 0.3) is 0 Å². The lowest BCUT2D eigenvalue weighted by molar-refractivity contribution is -0.122. The van der Waals surface area contributed by atoms with Crippen molar-refractivity contribution in [2.45, 2.75) is 51.9 Å². The number of nitrogens with one attached hydrogen (secondary N) is 1. The number of rotatable bonds is 9. The lowest BCUT2D eigenvalue weighted by Crippen LogP contribution is -2.24. The molecule has 0 heterocycles. The molecule has 0 aromatic rings. The van der Waals surface area contributed by atoms with Gasteiger partial charge in [0.2, 0.25) is 11.8 Å². The second-order valence-electron chi connectivity index (χ2n) is 3.73. The number of hydrogen-bond donors (Lipinski definition) is 2. The lowest BCUT2D eigenvalue weighted by Gasteiger charge is -2.03. The van der Waals surface area contributed by atoms with Crippen LogP contribution in [0.15, 0.2) is 0 Å². The Morgan fingerprint density at radius 1 is 1.07 bits per heavy atom. The summed E-state index contributed by atoms with van der Waals surface area (Å²) in [7, 11) is 0. The van der Waals surface area contributed by atoms with Gasteiger partial charge in [0.15, 0.2) is 0 Å². The third kappa shape index (κ3) is 10.9. The number of nitrogens with two attached hydrogens (primary N) is 1. The first kappa shape index (κ1) is 13.9. The minimum Gasteiger partial charge on any atom is -0.370 e. The molecule has 0 aliphatic rings. The average Bonchev–Trinajstić information content (AvgIpc) is 2.19. The van der Waals surface area contributed by atoms with Gasteiger partial charge in [-0.25, -0.2) is 0 Å². The highest BCUT2D eigenvalue weighted by Gasteiger charge is 2.01. The van der Waals surface area contributed by atoms with Crippen LogP contribution in [-0.2, 0) is 9.59 Å². The maximum absolute atomic E-state index is 11.2. The molecule has 0 spiro atoms. The van der Waals surface area contributed by atoms with Crippen LogP contribution >= 0.6 is 0 Å². The maximum Gasteiger partial charge on any atom is 0.219 e. The summed E-state index contributed by atoms with van der Waals surface area (Å²) in [6.07, 6.45) is 5.68. The first-order valence-corrected chi connectivity index (χ1v) is 5.71. The Labute approximate surface area is 91.6 Å². The Morgan fingerprint density at radius 2 is 1.73 bits per heavy atom. The van der Waals surface area contributed by atoms with Crippen LogP contribution in [-0.4, -0.2) is 18.4 Å². The van der Waals surface area contributed by atoms with Crippen LogP contribution in [0.5, 0.6) is 0 Å². The summed E-state index contributed by atoms with van der Waals surface area (Å²) in [5.41, 5.74) is 4.98. The average molecular weight is 214 g/mol. The van der Waals surface area contributed by atoms with E-state index in [1.165, 1.54) is 0 Å². The summed E-state index contributed by atoms with van der Waals surface area (Å²) < 4.78 is 0. The van der Waals surface area contributed by atoms with Gasteiger partial charge in [0.1, 0.15) is 0 Å². The van der Waals surface area contributed by atoms with Crippen LogP contribution in [0.2, 0.25) is 0 Å². The molecule has 0 fully saturated rings. The van der Waals surface area contributed by atoms with E-state index >= 15 is 0 Å². The van der Waals surface area contributed by atoms with Crippen molar-refractivity contribution >= 4 is 11.8 Å². The van der Waals surface area contributed by atoms with Gasteiger partial charge in [-0.3, -0.25) is 9.59 Å². The summed E-state index contributed by atoms with van der Waals surface area (Å²) in [6, 6.07) is 0. The van der Waals surface area contributed by atoms with E-state index in [9.17, 15) is 9.59 Å². The fourth-order valence-electron chi connectivity index (χ4n) is 1.28. The Bertz CT molecular complexity index is 193. The Morgan fingerprint density at radius 3 is 2.33 bits per heavy atom. The van der Waals surface area contributed by atoms with E-state index in [0.29, 0.717) is 19.3 Å². The topological polar surface area (TPSA) is 72.2 Å². The SMILES string of the molecule is CCCCCNC(=O)CCCCC(N)=O. The first-order chi connectivity index (χ1) is 7.16. The molecule has 2 amide bonds. The fourth-order valence-corrected chi connectivity index (χ4v) is 1.28. The van der Waals surface area contributed by atoms with E-state index in [2.05, 4.69) is 12.2 Å². The van der Waals surface area contributed by atoms with E-state index in [1.54, 1.807) is 0 Å². The van der Waals surface area contributed by atoms with Crippen molar-refractivity contribution in [2.75, 3.05) is 6.54 Å². The van der Waals surface area contributed by atoms with Gasteiger partial charge in [0.05, 0.1) is 0 Å². The third-order valence-electron chi connectivity index (χ3n) is 2.18. The van der Waals surface area contributed by atoms with Gasteiger partial charge < -0.3 is 11.1 Å². The molecule has 0 aliphatic heterocycles. The van der Waals surface area contributed by atoms with Gasteiger partial charge in [-0.05, 0) is 19.3 Å². The van der Waals surface area contributed by atoms with E-state index in [-0.39, 0.29) is 11.8 Å². The van der Waals surface area contributed by atoms with Crippen LogP contribution in [0, 0.1) is 0 Å². The highest BCUT2D eigenvalue weighted by Crippen LogP contribution is 1.99. The monoisotopic (exact) mass is 214 g/mol. The van der Waals surface area contributed by atoms with E-state index in [4.69, 9.17) is 5.73 Å². The molecule has 0 radical (unpaired) electrons. The lowest BCUT2D eigenvalue weighted by atomic mass is 10.2. The summed E-state index contributed by atoms with van der Waals surface area (Å²) in [6.45, 7) is 2.90. The number of primary amides is 1. The number of unbranched alkanes of at least 4 members (excludes halogenated alkanes) is 3. The zero-order valence-electron chi connectivity index (χ0n) is 9.55. The zero-order chi connectivity index (χ0) is 11.5. The molecule has 0 saturated carbocycles. The second kappa shape index (κ2) is 9.49. The number of carbonyl (C=O) groups is 2. The quantitative estimate of drug-likeness (QED) is 0.568. The van der Waals surface area contributed by atoms with Crippen LogP contribution < -0.4 is 11.1 Å². The van der Waals surface area contributed by atoms with Crippen LogP contribution in [0.4, 0.5) is 0 Å². The molecular formula is C11H22N2O2. The number of hydrogen-bond acceptors (Lipinski definition) is 2. The van der Waals surface area contributed by atoms with Crippen molar-refractivity contribution in [3.63, 3.8) is 0 Å². The van der Waals surface area contributed by atoms with Gasteiger partial charge in [0, 0.05) is 19.4 Å². The van der Waals surface area contributed by atoms with Gasteiger partial charge in [-0.1, -0.05) is 19.8 Å². The minimum absolute atomic E-state index is 0.0792. The second-order valence-corrected chi connectivity index (χ2v) is 3.73. The predicted molar refractivity (Wildman–Crippen MR) is 60.2 cm³/mol. The highest BCUT2D eigenvalue weighted by molar-refractivity contribution is 5.76. The molecule has 4 heteroatoms. The van der Waals surface area contributed by atoms with Crippen molar-refractivity contribution in [3.05, 3.63) is 0 Å². The molecule has 0 aliphatic carbocycles. The van der Waals surface area contributed by atoms with Gasteiger partial charge in [-0.2, -0.15) is 0 Å². The van der Waals surface area contributed by atoms with Crippen LogP contribution in [0.3, 0.4) is 0 Å². The standard InChI is InChI=1S/C11H22N2O2/c1-2-3-6-9-13-11(15)8-5-4-7-10(12)14/h2-9H2,1H3,(H2,12,14)(H,13,15). The summed E-state index contributed by atoms with van der Waals surface area (Å²) >= 11 is 0. The van der Waals surface area contributed by atoms with E-state index in [1.807, 2.05) is 0 Å². The van der Waals surface area contributed by atoms with Crippen LogP contribution in [0.1, 0.15) is 51.9 Å². The number of amides is 2. The summed E-state index contributed by atoms with van der Waals surface area (Å²) in [5, 5.41) is 2.85. The molecule has 0 aromatic heterocycles. The van der Waals surface area contributed by atoms with E-state index < -0.39 is 0 Å². The highest BCUT2D eigenvalue weighted by atomic mass is 16.1. The molecule has 3 N–H and O–H groups in total. The van der Waals surface area contributed by atoms with Crippen molar-refractivity contribution in [1.82, 2.24) is 5.32 Å². The molecule has 0 atom stereocenters. The van der Waals surface area contributed by atoms with Crippen molar-refractivity contribution in [2.24, 2.45) is 5.73 Å². The molecule has 0 bridgehead atoms. The molecule has 0 rings (SSSR count). The fraction of sp³-hybridized carbons (Fsp3) is 0.818. The molecule has 0 saturated heterocycles. The van der Waals surface area contributed by atoms with Crippen molar-refractivity contribution in [1.29, 1.82) is 0 Å². The molecule has 4 nitrogen and oxygen atoms in total. The Balaban J connectivity index is 3.22. The minimum atomic E-state index is -0.293. The van der Waals surface area contributed by atoms with Crippen molar-refractivity contribution < 1.29 is 9.59 Å². The smallest absolute Gasteiger partial charge is 0.219 e. The predicted octanol–water partition coefficient (Wildman–Crippen LogP) is 1.34. The van der Waals surface area contributed by atoms with E-state index in [0.717, 1.165) is 32.2 Å². The summed E-state index contributed by atoms with van der Waals surface area (Å²) in [4.78, 5) is 21.6. The van der Waals surface area contributed by atoms with Crippen LogP contribution in [0.25, 0.3) is 0 Å². The van der Waals surface area contributed by atoms with Gasteiger partial charge >= 0.3 is 0 Å². The Kier molecular flexibility index (Phi) is 8.82. The molecule has 0 unspecified atom stereocenters. The van der Waals surface area contributed by atoms with Crippen molar-refractivity contribution in [3.8, 4) is 0 Å². The zero-order valence-corrected chi connectivity index (χ0v) is 9.55. The summed E-state index contributed by atoms with van der Waals surface area (Å²) in [5.74, 6) is -0.214. The molecule has 88 valence electrons. The maximum atomic E-state index is 11.2. The Hall–Kier alpha value is -1.06. The normalized spacial score (nSPS) is 9.93. The van der Waals surface area contributed by atoms with Gasteiger partial charge in [-0.15, -0.1) is 0 Å².